The van der Waals surface area contributed by atoms with Crippen LogP contribution in [0.5, 0.6) is 5.75 Å². The Balaban J connectivity index is 1.64. The van der Waals surface area contributed by atoms with Crippen LogP contribution >= 0.6 is 0 Å². The van der Waals surface area contributed by atoms with Gasteiger partial charge in [-0.2, -0.15) is 8.42 Å². The summed E-state index contributed by atoms with van der Waals surface area (Å²) in [6.07, 6.45) is 16.6. The number of carbonyl (C=O) groups excluding carboxylic acids is 1. The van der Waals surface area contributed by atoms with E-state index in [0.717, 1.165) is 24.8 Å². The molecule has 0 spiro atoms. The fraction of sp³-hybridized carbons (Fsp3) is 0.567. The summed E-state index contributed by atoms with van der Waals surface area (Å²) in [5.41, 5.74) is 1.08. The van der Waals surface area contributed by atoms with Crippen molar-refractivity contribution in [3.63, 3.8) is 0 Å². The standard InChI is InChI=1S/C30H46N2O6S2/c1-3-4-5-6-7-8-9-10-11-12-13-14-15-16-24-39(34,35)38-28-19-17-18-27(25-28)31-30(33)32-40(36,37)29-22-20-26(2)21-23-29/h17-23,25H,3-16,24H2,1-2H3,(H2,31,32,33). The topological polar surface area (TPSA) is 119 Å². The van der Waals surface area contributed by atoms with E-state index < -0.39 is 26.2 Å². The first-order valence-electron chi connectivity index (χ1n) is 14.5. The summed E-state index contributed by atoms with van der Waals surface area (Å²) < 4.78 is 56.8. The van der Waals surface area contributed by atoms with Crippen molar-refractivity contribution in [1.82, 2.24) is 4.72 Å². The number of amides is 2. The fourth-order valence-electron chi connectivity index (χ4n) is 4.34. The number of benzene rings is 2. The summed E-state index contributed by atoms with van der Waals surface area (Å²) in [6.45, 7) is 4.07. The lowest BCUT2D eigenvalue weighted by atomic mass is 10.0. The van der Waals surface area contributed by atoms with Gasteiger partial charge < -0.3 is 9.50 Å². The minimum absolute atomic E-state index is 0.0417. The van der Waals surface area contributed by atoms with Gasteiger partial charge in [0.15, 0.2) is 0 Å². The van der Waals surface area contributed by atoms with Crippen molar-refractivity contribution in [3.05, 3.63) is 54.1 Å². The smallest absolute Gasteiger partial charge is 0.333 e. The van der Waals surface area contributed by atoms with E-state index in [9.17, 15) is 21.6 Å². The molecule has 0 saturated carbocycles. The maximum atomic E-state index is 12.4. The first-order valence-corrected chi connectivity index (χ1v) is 17.6. The van der Waals surface area contributed by atoms with E-state index >= 15 is 0 Å². The van der Waals surface area contributed by atoms with Crippen molar-refractivity contribution in [1.29, 1.82) is 0 Å². The predicted molar refractivity (Wildman–Crippen MR) is 162 cm³/mol. The van der Waals surface area contributed by atoms with Crippen LogP contribution in [0.25, 0.3) is 0 Å². The van der Waals surface area contributed by atoms with Gasteiger partial charge in [-0.05, 0) is 37.6 Å². The number of aryl methyl sites for hydroxylation is 1. The Hall–Kier alpha value is -2.59. The zero-order valence-corrected chi connectivity index (χ0v) is 25.6. The van der Waals surface area contributed by atoms with Gasteiger partial charge in [-0.1, -0.05) is 114 Å². The monoisotopic (exact) mass is 594 g/mol. The number of nitrogens with one attached hydrogen (secondary N) is 2. The molecule has 0 saturated heterocycles. The van der Waals surface area contributed by atoms with Gasteiger partial charge >= 0.3 is 16.1 Å². The predicted octanol–water partition coefficient (Wildman–Crippen LogP) is 7.70. The Labute approximate surface area is 241 Å². The van der Waals surface area contributed by atoms with Crippen LogP contribution in [0.15, 0.2) is 53.4 Å². The van der Waals surface area contributed by atoms with Gasteiger partial charge in [0.2, 0.25) is 0 Å². The average molecular weight is 595 g/mol. The maximum absolute atomic E-state index is 12.4. The van der Waals surface area contributed by atoms with Crippen LogP contribution in [0.4, 0.5) is 10.5 Å². The molecule has 0 unspecified atom stereocenters. The Morgan fingerprint density at radius 1 is 0.725 bits per heavy atom. The van der Waals surface area contributed by atoms with E-state index in [-0.39, 0.29) is 22.1 Å². The molecular formula is C30H46N2O6S2. The molecule has 2 N–H and O–H groups in total. The van der Waals surface area contributed by atoms with E-state index in [2.05, 4.69) is 12.2 Å². The first-order chi connectivity index (χ1) is 19.1. The van der Waals surface area contributed by atoms with Crippen LogP contribution in [0.1, 0.15) is 102 Å². The van der Waals surface area contributed by atoms with Gasteiger partial charge in [-0.3, -0.25) is 0 Å². The minimum atomic E-state index is -4.05. The summed E-state index contributed by atoms with van der Waals surface area (Å²) in [5.74, 6) is -0.0395. The molecule has 2 aromatic carbocycles. The second-order valence-corrected chi connectivity index (χ2v) is 13.7. The number of sulfonamides is 1. The van der Waals surface area contributed by atoms with Gasteiger partial charge in [0, 0.05) is 11.8 Å². The van der Waals surface area contributed by atoms with Gasteiger partial charge in [0.05, 0.1) is 10.6 Å². The van der Waals surface area contributed by atoms with Crippen molar-refractivity contribution in [2.24, 2.45) is 0 Å². The Bertz CT molecular complexity index is 1230. The van der Waals surface area contributed by atoms with Crippen LogP contribution in [0.3, 0.4) is 0 Å². The largest absolute Gasteiger partial charge is 0.382 e. The lowest BCUT2D eigenvalue weighted by molar-refractivity contribution is 0.256. The number of rotatable bonds is 20. The van der Waals surface area contributed by atoms with Gasteiger partial charge in [-0.15, -0.1) is 0 Å². The lowest BCUT2D eigenvalue weighted by Crippen LogP contribution is -2.34. The van der Waals surface area contributed by atoms with Crippen molar-refractivity contribution in [2.75, 3.05) is 11.1 Å². The second-order valence-electron chi connectivity index (χ2n) is 10.3. The molecule has 0 fully saturated rings. The normalized spacial score (nSPS) is 11.8. The van der Waals surface area contributed by atoms with Gasteiger partial charge in [-0.25, -0.2) is 17.9 Å². The molecule has 8 nitrogen and oxygen atoms in total. The van der Waals surface area contributed by atoms with E-state index in [0.29, 0.717) is 6.42 Å². The third-order valence-corrected chi connectivity index (χ3v) is 9.20. The molecule has 2 amide bonds. The third-order valence-electron chi connectivity index (χ3n) is 6.62. The molecule has 0 aliphatic heterocycles. The fourth-order valence-corrected chi connectivity index (χ4v) is 6.29. The molecule has 0 aromatic heterocycles. The van der Waals surface area contributed by atoms with E-state index in [1.54, 1.807) is 12.1 Å². The van der Waals surface area contributed by atoms with E-state index in [1.807, 2.05) is 11.6 Å². The van der Waals surface area contributed by atoms with Gasteiger partial charge in [0.25, 0.3) is 10.0 Å². The molecule has 0 aliphatic rings. The molecule has 0 aliphatic carbocycles. The van der Waals surface area contributed by atoms with Crippen LogP contribution in [0.2, 0.25) is 0 Å². The highest BCUT2D eigenvalue weighted by Gasteiger charge is 2.18. The molecule has 2 aromatic rings. The van der Waals surface area contributed by atoms with E-state index in [4.69, 9.17) is 4.18 Å². The highest BCUT2D eigenvalue weighted by molar-refractivity contribution is 7.90. The number of carbonyl (C=O) groups is 1. The van der Waals surface area contributed by atoms with Crippen LogP contribution in [0, 0.1) is 6.92 Å². The summed E-state index contributed by atoms with van der Waals surface area (Å²) in [6, 6.07) is 10.9. The molecule has 0 atom stereocenters. The summed E-state index contributed by atoms with van der Waals surface area (Å²) in [4.78, 5) is 12.2. The zero-order valence-electron chi connectivity index (χ0n) is 24.0. The molecule has 0 bridgehead atoms. The second kappa shape index (κ2) is 18.0. The number of anilines is 1. The molecule has 224 valence electrons. The number of hydrogen-bond donors (Lipinski definition) is 2. The number of unbranched alkanes of at least 4 members (excludes halogenated alkanes) is 13. The van der Waals surface area contributed by atoms with E-state index in [1.165, 1.54) is 101 Å². The molecule has 2 rings (SSSR count). The maximum Gasteiger partial charge on any atom is 0.333 e. The van der Waals surface area contributed by atoms with Crippen molar-refractivity contribution in [2.45, 2.75) is 109 Å². The lowest BCUT2D eigenvalue weighted by Gasteiger charge is -2.11. The van der Waals surface area contributed by atoms with Crippen LogP contribution in [-0.2, 0) is 20.1 Å². The van der Waals surface area contributed by atoms with Crippen molar-refractivity contribution < 1.29 is 25.8 Å². The Kier molecular flexibility index (Phi) is 15.1. The SMILES string of the molecule is CCCCCCCCCCCCCCCCS(=O)(=O)Oc1cccc(NC(=O)NS(=O)(=O)c2ccc(C)cc2)c1. The summed E-state index contributed by atoms with van der Waals surface area (Å²) in [7, 11) is -7.84. The van der Waals surface area contributed by atoms with Crippen molar-refractivity contribution >= 4 is 31.9 Å². The quantitative estimate of drug-likeness (QED) is 0.120. The molecule has 10 heteroatoms. The third kappa shape index (κ3) is 14.2. The van der Waals surface area contributed by atoms with Crippen LogP contribution in [-0.4, -0.2) is 28.6 Å². The first kappa shape index (κ1) is 33.6. The minimum Gasteiger partial charge on any atom is -0.382 e. The highest BCUT2D eigenvalue weighted by Crippen LogP contribution is 2.20. The van der Waals surface area contributed by atoms with Gasteiger partial charge in [0.1, 0.15) is 5.75 Å². The summed E-state index contributed by atoms with van der Waals surface area (Å²) >= 11 is 0. The molecule has 0 heterocycles. The highest BCUT2D eigenvalue weighted by atomic mass is 32.2. The Morgan fingerprint density at radius 3 is 1.80 bits per heavy atom. The summed E-state index contributed by atoms with van der Waals surface area (Å²) in [5, 5.41) is 2.40. The molecule has 40 heavy (non-hydrogen) atoms. The average Bonchev–Trinajstić information content (AvgIpc) is 2.88. The molecule has 0 radical (unpaired) electrons. The number of hydrogen-bond acceptors (Lipinski definition) is 6. The number of urea groups is 1. The van der Waals surface area contributed by atoms with Crippen molar-refractivity contribution in [3.8, 4) is 5.75 Å². The molecular weight excluding hydrogens is 548 g/mol. The van der Waals surface area contributed by atoms with Crippen LogP contribution < -0.4 is 14.2 Å². The zero-order chi connectivity index (χ0) is 29.3. The Morgan fingerprint density at radius 2 is 1.25 bits per heavy atom.